The van der Waals surface area contributed by atoms with Crippen molar-refractivity contribution in [2.45, 2.75) is 45.1 Å². The van der Waals surface area contributed by atoms with Crippen LogP contribution in [0.4, 0.5) is 0 Å². The van der Waals surface area contributed by atoms with Crippen LogP contribution in [-0.2, 0) is 16.1 Å². The van der Waals surface area contributed by atoms with E-state index in [0.29, 0.717) is 19.5 Å². The van der Waals surface area contributed by atoms with Crippen LogP contribution in [-0.4, -0.2) is 61.4 Å². The number of hydrogen-bond acceptors (Lipinski definition) is 4. The summed E-state index contributed by atoms with van der Waals surface area (Å²) in [6.45, 7) is 3.91. The molecule has 0 unspecified atom stereocenters. The van der Waals surface area contributed by atoms with Gasteiger partial charge in [0, 0.05) is 39.1 Å². The first kappa shape index (κ1) is 20.6. The van der Waals surface area contributed by atoms with Crippen molar-refractivity contribution < 1.29 is 14.3 Å². The highest BCUT2D eigenvalue weighted by atomic mass is 16.5. The minimum atomic E-state index is 0.0248. The Kier molecular flexibility index (Phi) is 7.71. The van der Waals surface area contributed by atoms with Gasteiger partial charge in [0.1, 0.15) is 5.75 Å². The van der Waals surface area contributed by atoms with Gasteiger partial charge in [-0.3, -0.25) is 14.5 Å². The number of nitrogens with one attached hydrogen (secondary N) is 1. The molecule has 0 atom stereocenters. The summed E-state index contributed by atoms with van der Waals surface area (Å²) in [5, 5.41) is 2.97. The summed E-state index contributed by atoms with van der Waals surface area (Å²) in [5.41, 5.74) is 1.05. The Bertz CT molecular complexity index is 633. The maximum atomic E-state index is 12.4. The van der Waals surface area contributed by atoms with E-state index in [1.165, 1.54) is 25.7 Å². The highest BCUT2D eigenvalue weighted by Crippen LogP contribution is 2.28. The summed E-state index contributed by atoms with van der Waals surface area (Å²) < 4.78 is 5.14. The standard InChI is InChI=1S/C22H33N3O3/c1-28-20-9-6-19(7-10-20)16-23-21(26)17-24-12-14-25(15-13-24)22(27)11-8-18-4-2-3-5-18/h6-7,9-10,18H,2-5,8,11-17H2,1H3,(H,23,26). The lowest BCUT2D eigenvalue weighted by atomic mass is 10.0. The number of methoxy groups -OCH3 is 1. The van der Waals surface area contributed by atoms with Gasteiger partial charge in [-0.2, -0.15) is 0 Å². The molecule has 0 bridgehead atoms. The summed E-state index contributed by atoms with van der Waals surface area (Å²) in [6.07, 6.45) is 7.00. The molecule has 1 saturated carbocycles. The first-order valence-corrected chi connectivity index (χ1v) is 10.5. The average molecular weight is 388 g/mol. The van der Waals surface area contributed by atoms with E-state index < -0.39 is 0 Å². The molecular formula is C22H33N3O3. The number of rotatable bonds is 8. The van der Waals surface area contributed by atoms with Gasteiger partial charge >= 0.3 is 0 Å². The third kappa shape index (κ3) is 6.23. The molecule has 2 aliphatic rings. The van der Waals surface area contributed by atoms with Crippen LogP contribution < -0.4 is 10.1 Å². The fourth-order valence-corrected chi connectivity index (χ4v) is 4.14. The normalized spacial score (nSPS) is 18.2. The van der Waals surface area contributed by atoms with Crippen LogP contribution in [0, 0.1) is 5.92 Å². The molecule has 0 spiro atoms. The Morgan fingerprint density at radius 2 is 1.75 bits per heavy atom. The van der Waals surface area contributed by atoms with Gasteiger partial charge in [-0.05, 0) is 30.0 Å². The molecule has 2 amide bonds. The monoisotopic (exact) mass is 387 g/mol. The van der Waals surface area contributed by atoms with Gasteiger partial charge in [-0.25, -0.2) is 0 Å². The minimum absolute atomic E-state index is 0.0248. The van der Waals surface area contributed by atoms with Crippen LogP contribution >= 0.6 is 0 Å². The van der Waals surface area contributed by atoms with Crippen LogP contribution in [0.1, 0.15) is 44.1 Å². The molecule has 1 N–H and O–H groups in total. The number of benzene rings is 1. The zero-order valence-corrected chi connectivity index (χ0v) is 17.0. The first-order chi connectivity index (χ1) is 13.6. The summed E-state index contributed by atoms with van der Waals surface area (Å²) in [4.78, 5) is 28.7. The number of nitrogens with zero attached hydrogens (tertiary/aromatic N) is 2. The van der Waals surface area contributed by atoms with Gasteiger partial charge in [0.25, 0.3) is 0 Å². The zero-order valence-electron chi connectivity index (χ0n) is 17.0. The second kappa shape index (κ2) is 10.5. The number of amides is 2. The highest BCUT2D eigenvalue weighted by molar-refractivity contribution is 5.78. The van der Waals surface area contributed by atoms with Crippen LogP contribution in [0.25, 0.3) is 0 Å². The van der Waals surface area contributed by atoms with Crippen LogP contribution in [0.3, 0.4) is 0 Å². The molecule has 1 aliphatic heterocycles. The minimum Gasteiger partial charge on any atom is -0.497 e. The smallest absolute Gasteiger partial charge is 0.234 e. The molecule has 154 valence electrons. The third-order valence-electron chi connectivity index (χ3n) is 5.98. The van der Waals surface area contributed by atoms with E-state index >= 15 is 0 Å². The molecule has 1 aliphatic carbocycles. The average Bonchev–Trinajstić information content (AvgIpc) is 3.25. The molecule has 6 nitrogen and oxygen atoms in total. The number of carbonyl (C=O) groups excluding carboxylic acids is 2. The van der Waals surface area contributed by atoms with Crippen molar-refractivity contribution in [1.29, 1.82) is 0 Å². The van der Waals surface area contributed by atoms with Gasteiger partial charge in [0.2, 0.25) is 11.8 Å². The van der Waals surface area contributed by atoms with Crippen LogP contribution in [0.2, 0.25) is 0 Å². The number of piperazine rings is 1. The van der Waals surface area contributed by atoms with E-state index in [4.69, 9.17) is 4.74 Å². The van der Waals surface area contributed by atoms with Crippen molar-refractivity contribution in [3.05, 3.63) is 29.8 Å². The lowest BCUT2D eigenvalue weighted by molar-refractivity contribution is -0.133. The molecule has 1 heterocycles. The van der Waals surface area contributed by atoms with Crippen molar-refractivity contribution in [2.24, 2.45) is 5.92 Å². The molecule has 0 radical (unpaired) electrons. The van der Waals surface area contributed by atoms with Crippen molar-refractivity contribution in [3.63, 3.8) is 0 Å². The lowest BCUT2D eigenvalue weighted by Gasteiger charge is -2.34. The van der Waals surface area contributed by atoms with Crippen LogP contribution in [0.5, 0.6) is 5.75 Å². The van der Waals surface area contributed by atoms with Gasteiger partial charge in [0.15, 0.2) is 0 Å². The van der Waals surface area contributed by atoms with E-state index in [2.05, 4.69) is 10.2 Å². The van der Waals surface area contributed by atoms with Gasteiger partial charge in [-0.1, -0.05) is 37.8 Å². The molecule has 1 saturated heterocycles. The Balaban J connectivity index is 1.31. The second-order valence-corrected chi connectivity index (χ2v) is 7.97. The Hall–Kier alpha value is -2.08. The third-order valence-corrected chi connectivity index (χ3v) is 5.98. The number of hydrogen-bond donors (Lipinski definition) is 1. The Labute approximate surface area is 168 Å². The quantitative estimate of drug-likeness (QED) is 0.744. The molecule has 1 aromatic carbocycles. The summed E-state index contributed by atoms with van der Waals surface area (Å²) in [6, 6.07) is 7.69. The molecule has 2 fully saturated rings. The van der Waals surface area contributed by atoms with Crippen molar-refractivity contribution in [1.82, 2.24) is 15.1 Å². The number of ether oxygens (including phenoxy) is 1. The fourth-order valence-electron chi connectivity index (χ4n) is 4.14. The van der Waals surface area contributed by atoms with E-state index in [1.54, 1.807) is 7.11 Å². The summed E-state index contributed by atoms with van der Waals surface area (Å²) >= 11 is 0. The molecule has 6 heteroatoms. The largest absolute Gasteiger partial charge is 0.497 e. The molecule has 3 rings (SSSR count). The van der Waals surface area contributed by atoms with Gasteiger partial charge in [0.05, 0.1) is 13.7 Å². The molecule has 0 aromatic heterocycles. The maximum absolute atomic E-state index is 12.4. The zero-order chi connectivity index (χ0) is 19.8. The lowest BCUT2D eigenvalue weighted by Crippen LogP contribution is -2.51. The maximum Gasteiger partial charge on any atom is 0.234 e. The van der Waals surface area contributed by atoms with E-state index in [9.17, 15) is 9.59 Å². The predicted molar refractivity (Wildman–Crippen MR) is 109 cm³/mol. The fraction of sp³-hybridized carbons (Fsp3) is 0.636. The van der Waals surface area contributed by atoms with Crippen molar-refractivity contribution >= 4 is 11.8 Å². The molecule has 28 heavy (non-hydrogen) atoms. The van der Waals surface area contributed by atoms with E-state index in [1.807, 2.05) is 29.2 Å². The SMILES string of the molecule is COc1ccc(CNC(=O)CN2CCN(C(=O)CCC3CCCC3)CC2)cc1. The summed E-state index contributed by atoms with van der Waals surface area (Å²) in [5.74, 6) is 1.89. The van der Waals surface area contributed by atoms with Crippen molar-refractivity contribution in [3.8, 4) is 5.75 Å². The predicted octanol–water partition coefficient (Wildman–Crippen LogP) is 2.43. The van der Waals surface area contributed by atoms with Gasteiger partial charge < -0.3 is 15.0 Å². The second-order valence-electron chi connectivity index (χ2n) is 7.97. The van der Waals surface area contributed by atoms with E-state index in [-0.39, 0.29) is 11.8 Å². The first-order valence-electron chi connectivity index (χ1n) is 10.5. The summed E-state index contributed by atoms with van der Waals surface area (Å²) in [7, 11) is 1.64. The topological polar surface area (TPSA) is 61.9 Å². The molecule has 1 aromatic rings. The number of carbonyl (C=O) groups is 2. The van der Waals surface area contributed by atoms with Gasteiger partial charge in [-0.15, -0.1) is 0 Å². The Morgan fingerprint density at radius 1 is 1.07 bits per heavy atom. The molecular weight excluding hydrogens is 354 g/mol. The van der Waals surface area contributed by atoms with E-state index in [0.717, 1.165) is 49.8 Å². The Morgan fingerprint density at radius 3 is 2.39 bits per heavy atom. The van der Waals surface area contributed by atoms with Crippen LogP contribution in [0.15, 0.2) is 24.3 Å². The highest BCUT2D eigenvalue weighted by Gasteiger charge is 2.23. The van der Waals surface area contributed by atoms with Crippen molar-refractivity contribution in [2.75, 3.05) is 39.8 Å².